The number of aryl methyl sites for hydroxylation is 1. The Morgan fingerprint density at radius 1 is 1.20 bits per heavy atom. The van der Waals surface area contributed by atoms with Crippen molar-refractivity contribution in [2.24, 2.45) is 0 Å². The quantitative estimate of drug-likeness (QED) is 0.709. The number of alkyl halides is 3. The van der Waals surface area contributed by atoms with Gasteiger partial charge in [0.25, 0.3) is 0 Å². The van der Waals surface area contributed by atoms with Gasteiger partial charge in [-0.05, 0) is 31.2 Å². The van der Waals surface area contributed by atoms with Crippen LogP contribution in [-0.4, -0.2) is 23.4 Å². The van der Waals surface area contributed by atoms with Crippen LogP contribution < -0.4 is 10.4 Å². The summed E-state index contributed by atoms with van der Waals surface area (Å²) in [6.45, 7) is 1.54. The SMILES string of the molecule is COc1cccc2cc(C(O)(c3ccc(C)[nH]3)C(F)(F)F)c(=O)oc12. The molecule has 0 saturated carbocycles. The van der Waals surface area contributed by atoms with Gasteiger partial charge in [-0.2, -0.15) is 13.2 Å². The first-order valence-electron chi connectivity index (χ1n) is 7.25. The number of hydrogen-bond donors (Lipinski definition) is 2. The summed E-state index contributed by atoms with van der Waals surface area (Å²) in [6.07, 6.45) is -5.15. The van der Waals surface area contributed by atoms with Crippen LogP contribution in [-0.2, 0) is 5.60 Å². The van der Waals surface area contributed by atoms with Crippen LogP contribution in [0.15, 0.2) is 45.6 Å². The number of aromatic nitrogens is 1. The average molecular weight is 353 g/mol. The van der Waals surface area contributed by atoms with E-state index in [-0.39, 0.29) is 16.7 Å². The Labute approximate surface area is 139 Å². The number of para-hydroxylation sites is 1. The molecular formula is C17H14F3NO4. The van der Waals surface area contributed by atoms with Crippen LogP contribution in [0.25, 0.3) is 11.0 Å². The van der Waals surface area contributed by atoms with Gasteiger partial charge in [0.1, 0.15) is 0 Å². The summed E-state index contributed by atoms with van der Waals surface area (Å²) in [5, 5.41) is 10.7. The molecule has 1 atom stereocenters. The summed E-state index contributed by atoms with van der Waals surface area (Å²) in [4.78, 5) is 14.7. The molecule has 3 rings (SSSR count). The average Bonchev–Trinajstić information content (AvgIpc) is 2.98. The summed E-state index contributed by atoms with van der Waals surface area (Å²) in [7, 11) is 1.34. The topological polar surface area (TPSA) is 75.5 Å². The number of aliphatic hydroxyl groups is 1. The molecule has 0 aliphatic rings. The van der Waals surface area contributed by atoms with Crippen molar-refractivity contribution >= 4 is 11.0 Å². The number of hydrogen-bond acceptors (Lipinski definition) is 4. The number of halogens is 3. The molecule has 1 unspecified atom stereocenters. The highest BCUT2D eigenvalue weighted by Gasteiger charge is 2.59. The molecule has 0 aliphatic heterocycles. The molecule has 0 aliphatic carbocycles. The zero-order chi connectivity index (χ0) is 18.4. The number of aromatic amines is 1. The molecule has 0 bridgehead atoms. The molecule has 2 heterocycles. The molecule has 2 aromatic heterocycles. The van der Waals surface area contributed by atoms with Gasteiger partial charge in [0.05, 0.1) is 18.4 Å². The lowest BCUT2D eigenvalue weighted by atomic mass is 9.90. The predicted octanol–water partition coefficient (Wildman–Crippen LogP) is 3.24. The minimum Gasteiger partial charge on any atom is -0.493 e. The summed E-state index contributed by atoms with van der Waals surface area (Å²) >= 11 is 0. The molecule has 25 heavy (non-hydrogen) atoms. The van der Waals surface area contributed by atoms with Crippen molar-refractivity contribution < 1.29 is 27.4 Å². The highest BCUT2D eigenvalue weighted by molar-refractivity contribution is 5.83. The third kappa shape index (κ3) is 2.58. The van der Waals surface area contributed by atoms with E-state index < -0.39 is 28.7 Å². The van der Waals surface area contributed by atoms with Crippen LogP contribution in [0, 0.1) is 6.92 Å². The Morgan fingerprint density at radius 3 is 2.48 bits per heavy atom. The van der Waals surface area contributed by atoms with Crippen LogP contribution >= 0.6 is 0 Å². The first kappa shape index (κ1) is 17.1. The number of benzene rings is 1. The van der Waals surface area contributed by atoms with E-state index in [0.717, 1.165) is 12.1 Å². The van der Waals surface area contributed by atoms with Crippen molar-refractivity contribution in [2.75, 3.05) is 7.11 Å². The minimum absolute atomic E-state index is 0.00550. The van der Waals surface area contributed by atoms with Gasteiger partial charge < -0.3 is 19.2 Å². The van der Waals surface area contributed by atoms with Crippen LogP contribution in [0.4, 0.5) is 13.2 Å². The van der Waals surface area contributed by atoms with E-state index in [1.54, 1.807) is 0 Å². The fourth-order valence-corrected chi connectivity index (χ4v) is 2.70. The maximum Gasteiger partial charge on any atom is 0.427 e. The van der Waals surface area contributed by atoms with E-state index in [0.29, 0.717) is 5.69 Å². The Bertz CT molecular complexity index is 989. The van der Waals surface area contributed by atoms with E-state index in [4.69, 9.17) is 9.15 Å². The number of ether oxygens (including phenoxy) is 1. The predicted molar refractivity (Wildman–Crippen MR) is 83.6 cm³/mol. The first-order chi connectivity index (χ1) is 11.7. The molecule has 0 fully saturated rings. The number of fused-ring (bicyclic) bond motifs is 1. The van der Waals surface area contributed by atoms with Crippen molar-refractivity contribution in [3.8, 4) is 5.75 Å². The van der Waals surface area contributed by atoms with Gasteiger partial charge in [0.2, 0.25) is 5.60 Å². The molecule has 2 N–H and O–H groups in total. The molecule has 132 valence electrons. The minimum atomic E-state index is -5.15. The Balaban J connectivity index is 2.34. The van der Waals surface area contributed by atoms with Crippen LogP contribution in [0.1, 0.15) is 17.0 Å². The first-order valence-corrected chi connectivity index (χ1v) is 7.25. The van der Waals surface area contributed by atoms with E-state index in [1.807, 2.05) is 0 Å². The van der Waals surface area contributed by atoms with E-state index in [9.17, 15) is 23.1 Å². The number of nitrogens with one attached hydrogen (secondary N) is 1. The highest BCUT2D eigenvalue weighted by Crippen LogP contribution is 2.43. The Hall–Kier alpha value is -2.74. The summed E-state index contributed by atoms with van der Waals surface area (Å²) in [5.41, 5.74) is -5.91. The largest absolute Gasteiger partial charge is 0.493 e. The van der Waals surface area contributed by atoms with Crippen molar-refractivity contribution in [2.45, 2.75) is 18.7 Å². The molecule has 0 radical (unpaired) electrons. The molecule has 5 nitrogen and oxygen atoms in total. The van der Waals surface area contributed by atoms with Crippen molar-refractivity contribution in [1.82, 2.24) is 4.98 Å². The highest BCUT2D eigenvalue weighted by atomic mass is 19.4. The molecule has 3 aromatic rings. The molecule has 0 spiro atoms. The lowest BCUT2D eigenvalue weighted by molar-refractivity contribution is -0.250. The van der Waals surface area contributed by atoms with E-state index in [2.05, 4.69) is 4.98 Å². The molecule has 0 amide bonds. The lowest BCUT2D eigenvalue weighted by Crippen LogP contribution is -2.46. The van der Waals surface area contributed by atoms with Gasteiger partial charge in [-0.3, -0.25) is 0 Å². The van der Waals surface area contributed by atoms with Crippen LogP contribution in [0.3, 0.4) is 0 Å². The second kappa shape index (κ2) is 5.66. The Morgan fingerprint density at radius 2 is 1.92 bits per heavy atom. The van der Waals surface area contributed by atoms with Gasteiger partial charge in [0, 0.05) is 11.1 Å². The summed E-state index contributed by atoms with van der Waals surface area (Å²) in [6, 6.07) is 7.93. The second-order valence-corrected chi connectivity index (χ2v) is 5.59. The standard InChI is InChI=1S/C17H14F3NO4/c1-9-6-7-13(21-9)16(23,17(18,19)20)11-8-10-4-3-5-12(24-2)14(10)25-15(11)22/h3-8,21,23H,1-2H3. The maximum absolute atomic E-state index is 13.7. The zero-order valence-electron chi connectivity index (χ0n) is 13.3. The lowest BCUT2D eigenvalue weighted by Gasteiger charge is -2.29. The molecule has 8 heteroatoms. The van der Waals surface area contributed by atoms with Crippen molar-refractivity contribution in [1.29, 1.82) is 0 Å². The number of H-pyrrole nitrogens is 1. The maximum atomic E-state index is 13.7. The monoisotopic (exact) mass is 353 g/mol. The molecule has 0 saturated heterocycles. The second-order valence-electron chi connectivity index (χ2n) is 5.59. The normalized spacial score (nSPS) is 14.5. The third-order valence-corrected chi connectivity index (χ3v) is 3.97. The van der Waals surface area contributed by atoms with Crippen molar-refractivity contribution in [3.05, 3.63) is 63.8 Å². The van der Waals surface area contributed by atoms with Gasteiger partial charge in [0.15, 0.2) is 11.3 Å². The van der Waals surface area contributed by atoms with Gasteiger partial charge >= 0.3 is 11.8 Å². The van der Waals surface area contributed by atoms with Crippen molar-refractivity contribution in [3.63, 3.8) is 0 Å². The van der Waals surface area contributed by atoms with Gasteiger partial charge in [-0.1, -0.05) is 12.1 Å². The van der Waals surface area contributed by atoms with Gasteiger partial charge in [-0.15, -0.1) is 0 Å². The number of methoxy groups -OCH3 is 1. The van der Waals surface area contributed by atoms with Crippen LogP contribution in [0.2, 0.25) is 0 Å². The third-order valence-electron chi connectivity index (χ3n) is 3.97. The fourth-order valence-electron chi connectivity index (χ4n) is 2.70. The summed E-state index contributed by atoms with van der Waals surface area (Å²) < 4.78 is 51.3. The fraction of sp³-hybridized carbons (Fsp3) is 0.235. The van der Waals surface area contributed by atoms with Crippen LogP contribution in [0.5, 0.6) is 5.75 Å². The smallest absolute Gasteiger partial charge is 0.427 e. The van der Waals surface area contributed by atoms with E-state index >= 15 is 0 Å². The van der Waals surface area contributed by atoms with Gasteiger partial charge in [-0.25, -0.2) is 4.79 Å². The number of rotatable bonds is 3. The van der Waals surface area contributed by atoms with E-state index in [1.165, 1.54) is 38.3 Å². The Kier molecular flexibility index (Phi) is 3.87. The zero-order valence-corrected chi connectivity index (χ0v) is 13.3. The molecule has 1 aromatic carbocycles. The molecular weight excluding hydrogens is 339 g/mol. The summed E-state index contributed by atoms with van der Waals surface area (Å²) in [5.74, 6) is 0.201.